The quantitative estimate of drug-likeness (QED) is 0.626. The molecule has 3 aromatic heterocycles. The number of carbonyl (C=O) groups is 1. The lowest BCUT2D eigenvalue weighted by molar-refractivity contribution is -0.117. The molecule has 0 bridgehead atoms. The normalized spacial score (nSPS) is 12.4. The highest BCUT2D eigenvalue weighted by Crippen LogP contribution is 2.24. The molecule has 0 saturated carbocycles. The molecule has 126 valence electrons. The summed E-state index contributed by atoms with van der Waals surface area (Å²) in [5, 5.41) is 9.02. The topological polar surface area (TPSA) is 98.2 Å². The second-order valence-electron chi connectivity index (χ2n) is 5.04. The van der Waals surface area contributed by atoms with Gasteiger partial charge in [-0.3, -0.25) is 10.1 Å². The van der Waals surface area contributed by atoms with Crippen LogP contribution in [0.2, 0.25) is 0 Å². The van der Waals surface area contributed by atoms with E-state index < -0.39 is 6.04 Å². The van der Waals surface area contributed by atoms with Crippen molar-refractivity contribution in [3.63, 3.8) is 0 Å². The van der Waals surface area contributed by atoms with Gasteiger partial charge in [-0.2, -0.15) is 21.3 Å². The number of aromatic nitrogens is 4. The van der Waals surface area contributed by atoms with E-state index >= 15 is 0 Å². The van der Waals surface area contributed by atoms with E-state index in [9.17, 15) is 4.79 Å². The van der Waals surface area contributed by atoms with Crippen molar-refractivity contribution in [1.29, 1.82) is 0 Å². The van der Waals surface area contributed by atoms with Crippen LogP contribution in [-0.4, -0.2) is 43.0 Å². The number of amides is 1. The largest absolute Gasteiger partial charge is 0.320 e. The van der Waals surface area contributed by atoms with E-state index in [4.69, 9.17) is 5.73 Å². The highest BCUT2D eigenvalue weighted by molar-refractivity contribution is 7.99. The fourth-order valence-corrected chi connectivity index (χ4v) is 3.59. The summed E-state index contributed by atoms with van der Waals surface area (Å²) in [7, 11) is 0. The number of nitrogens with one attached hydrogen (secondary N) is 1. The summed E-state index contributed by atoms with van der Waals surface area (Å²) < 4.78 is 1.62. The monoisotopic (exact) mass is 362 g/mol. The number of anilines is 1. The van der Waals surface area contributed by atoms with Gasteiger partial charge in [-0.05, 0) is 35.4 Å². The van der Waals surface area contributed by atoms with Gasteiger partial charge >= 0.3 is 0 Å². The lowest BCUT2D eigenvalue weighted by atomic mass is 10.2. The Balaban J connectivity index is 1.77. The second-order valence-corrected chi connectivity index (χ2v) is 7.38. The van der Waals surface area contributed by atoms with Crippen LogP contribution < -0.4 is 11.1 Å². The predicted octanol–water partition coefficient (Wildman–Crippen LogP) is 2.26. The number of fused-ring (bicyclic) bond motifs is 1. The zero-order chi connectivity index (χ0) is 16.9. The zero-order valence-corrected chi connectivity index (χ0v) is 14.8. The van der Waals surface area contributed by atoms with Gasteiger partial charge in [0.05, 0.1) is 16.6 Å². The molecule has 1 atom stereocenters. The highest BCUT2D eigenvalue weighted by atomic mass is 32.2. The summed E-state index contributed by atoms with van der Waals surface area (Å²) in [6, 6.07) is 5.27. The number of carbonyl (C=O) groups excluding carboxylic acids is 1. The smallest absolute Gasteiger partial charge is 0.254 e. The molecule has 1 amide bonds. The van der Waals surface area contributed by atoms with Crippen LogP contribution in [0.5, 0.6) is 0 Å². The first kappa shape index (κ1) is 16.9. The molecule has 0 aromatic carbocycles. The average Bonchev–Trinajstić information content (AvgIpc) is 3.23. The molecule has 24 heavy (non-hydrogen) atoms. The number of hydrogen-bond donors (Lipinski definition) is 2. The Hall–Kier alpha value is -1.97. The standard InChI is InChI=1S/C15H18N6OS2/c1-2-23-9-6-10(16)13(22)18-14-19-15-17-7-5-11(21(15)20-14)12-4-3-8-24-12/h3-5,7-8,10H,2,6,9,16H2,1H3,(H,18,20,22). The first-order chi connectivity index (χ1) is 11.7. The predicted molar refractivity (Wildman–Crippen MR) is 98.3 cm³/mol. The van der Waals surface area contributed by atoms with Crippen molar-refractivity contribution in [3.05, 3.63) is 29.8 Å². The maximum Gasteiger partial charge on any atom is 0.254 e. The van der Waals surface area contributed by atoms with Crippen molar-refractivity contribution in [3.8, 4) is 10.6 Å². The van der Waals surface area contributed by atoms with E-state index in [1.54, 1.807) is 33.8 Å². The first-order valence-corrected chi connectivity index (χ1v) is 9.62. The van der Waals surface area contributed by atoms with Crippen LogP contribution in [0.1, 0.15) is 13.3 Å². The minimum atomic E-state index is -0.569. The zero-order valence-electron chi connectivity index (χ0n) is 13.2. The molecular formula is C15H18N6OS2. The summed E-state index contributed by atoms with van der Waals surface area (Å²) in [5.74, 6) is 2.24. The molecule has 9 heteroatoms. The van der Waals surface area contributed by atoms with Crippen LogP contribution in [0.15, 0.2) is 29.8 Å². The number of thioether (sulfide) groups is 1. The van der Waals surface area contributed by atoms with Gasteiger partial charge in [-0.25, -0.2) is 4.98 Å². The number of nitrogens with two attached hydrogens (primary N) is 1. The van der Waals surface area contributed by atoms with Crippen LogP contribution in [0.4, 0.5) is 5.95 Å². The molecular weight excluding hydrogens is 344 g/mol. The second kappa shape index (κ2) is 7.73. The molecule has 0 aliphatic carbocycles. The van der Waals surface area contributed by atoms with Gasteiger partial charge in [-0.15, -0.1) is 16.4 Å². The SMILES string of the molecule is CCSCCC(N)C(=O)Nc1nc2nccc(-c3cccs3)n2n1. The number of hydrogen-bond acceptors (Lipinski definition) is 7. The van der Waals surface area contributed by atoms with E-state index in [1.807, 2.05) is 23.6 Å². The van der Waals surface area contributed by atoms with Crippen LogP contribution in [0.25, 0.3) is 16.3 Å². The van der Waals surface area contributed by atoms with Gasteiger partial charge in [0.15, 0.2) is 0 Å². The van der Waals surface area contributed by atoms with Crippen molar-refractivity contribution in [2.24, 2.45) is 5.73 Å². The molecule has 3 rings (SSSR count). The Labute approximate surface area is 147 Å². The minimum absolute atomic E-state index is 0.218. The average molecular weight is 362 g/mol. The molecule has 7 nitrogen and oxygen atoms in total. The van der Waals surface area contributed by atoms with E-state index in [0.29, 0.717) is 12.2 Å². The molecule has 3 N–H and O–H groups in total. The third-order valence-corrected chi connectivity index (χ3v) is 5.19. The Kier molecular flexibility index (Phi) is 5.44. The Morgan fingerprint density at radius 1 is 1.50 bits per heavy atom. The van der Waals surface area contributed by atoms with Crippen LogP contribution in [0.3, 0.4) is 0 Å². The van der Waals surface area contributed by atoms with E-state index in [0.717, 1.165) is 22.1 Å². The van der Waals surface area contributed by atoms with Gasteiger partial charge in [0.1, 0.15) is 0 Å². The third kappa shape index (κ3) is 3.74. The molecule has 0 fully saturated rings. The fourth-order valence-electron chi connectivity index (χ4n) is 2.15. The van der Waals surface area contributed by atoms with Crippen molar-refractivity contribution >= 4 is 40.7 Å². The lowest BCUT2D eigenvalue weighted by Crippen LogP contribution is -2.36. The molecule has 0 aliphatic rings. The van der Waals surface area contributed by atoms with Crippen LogP contribution in [-0.2, 0) is 4.79 Å². The van der Waals surface area contributed by atoms with Gasteiger partial charge in [-0.1, -0.05) is 13.0 Å². The number of nitrogens with zero attached hydrogens (tertiary/aromatic N) is 4. The maximum atomic E-state index is 12.1. The molecule has 0 radical (unpaired) electrons. The fraction of sp³-hybridized carbons (Fsp3) is 0.333. The summed E-state index contributed by atoms with van der Waals surface area (Å²) in [6.45, 7) is 2.08. The summed E-state index contributed by atoms with van der Waals surface area (Å²) in [5.41, 5.74) is 6.79. The molecule has 0 aliphatic heterocycles. The molecule has 3 aromatic rings. The first-order valence-electron chi connectivity index (χ1n) is 7.59. The Bertz CT molecular complexity index is 817. The van der Waals surface area contributed by atoms with Crippen LogP contribution in [0, 0.1) is 0 Å². The van der Waals surface area contributed by atoms with Gasteiger partial charge < -0.3 is 5.73 Å². The van der Waals surface area contributed by atoms with Gasteiger partial charge in [0.25, 0.3) is 11.7 Å². The molecule has 0 spiro atoms. The number of rotatable bonds is 7. The van der Waals surface area contributed by atoms with Gasteiger partial charge in [0, 0.05) is 6.20 Å². The molecule has 3 heterocycles. The minimum Gasteiger partial charge on any atom is -0.320 e. The van der Waals surface area contributed by atoms with E-state index in [1.165, 1.54) is 0 Å². The summed E-state index contributed by atoms with van der Waals surface area (Å²) >= 11 is 3.36. The van der Waals surface area contributed by atoms with Crippen molar-refractivity contribution < 1.29 is 4.79 Å². The lowest BCUT2D eigenvalue weighted by Gasteiger charge is -2.09. The van der Waals surface area contributed by atoms with Crippen molar-refractivity contribution in [2.45, 2.75) is 19.4 Å². The summed E-state index contributed by atoms with van der Waals surface area (Å²) in [4.78, 5) is 21.6. The van der Waals surface area contributed by atoms with Crippen LogP contribution >= 0.6 is 23.1 Å². The Morgan fingerprint density at radius 2 is 2.38 bits per heavy atom. The number of thiophene rings is 1. The van der Waals surface area contributed by atoms with Gasteiger partial charge in [0.2, 0.25) is 5.91 Å². The van der Waals surface area contributed by atoms with E-state index in [2.05, 4.69) is 27.3 Å². The van der Waals surface area contributed by atoms with Crippen molar-refractivity contribution in [1.82, 2.24) is 19.6 Å². The Morgan fingerprint density at radius 3 is 3.12 bits per heavy atom. The molecule has 0 saturated heterocycles. The van der Waals surface area contributed by atoms with Crippen molar-refractivity contribution in [2.75, 3.05) is 16.8 Å². The van der Waals surface area contributed by atoms with E-state index in [-0.39, 0.29) is 11.9 Å². The third-order valence-electron chi connectivity index (χ3n) is 3.36. The molecule has 1 unspecified atom stereocenters. The summed E-state index contributed by atoms with van der Waals surface area (Å²) in [6.07, 6.45) is 2.30. The highest BCUT2D eigenvalue weighted by Gasteiger charge is 2.17. The maximum absolute atomic E-state index is 12.1.